The molecular weight excluding hydrogens is 302 g/mol. The number of ether oxygens (including phenoxy) is 2. The zero-order chi connectivity index (χ0) is 15.4. The molecule has 22 heavy (non-hydrogen) atoms. The van der Waals surface area contributed by atoms with Crippen LogP contribution < -0.4 is 10.1 Å². The number of amides is 1. The predicted molar refractivity (Wildman–Crippen MR) is 83.5 cm³/mol. The number of aryl methyl sites for hydroxylation is 1. The van der Waals surface area contributed by atoms with Crippen molar-refractivity contribution >= 4 is 22.4 Å². The van der Waals surface area contributed by atoms with Gasteiger partial charge in [0, 0.05) is 30.5 Å². The number of pyridine rings is 1. The Morgan fingerprint density at radius 1 is 1.41 bits per heavy atom. The minimum Gasteiger partial charge on any atom is -0.474 e. The van der Waals surface area contributed by atoms with Crippen LogP contribution in [0.25, 0.3) is 0 Å². The van der Waals surface area contributed by atoms with E-state index in [9.17, 15) is 4.79 Å². The predicted octanol–water partition coefficient (Wildman–Crippen LogP) is 2.66. The van der Waals surface area contributed by atoms with Crippen molar-refractivity contribution in [1.29, 1.82) is 0 Å². The van der Waals surface area contributed by atoms with Crippen molar-refractivity contribution in [1.82, 2.24) is 9.97 Å². The Bertz CT molecular complexity index is 636. The quantitative estimate of drug-likeness (QED) is 0.938. The lowest BCUT2D eigenvalue weighted by Crippen LogP contribution is -2.26. The maximum absolute atomic E-state index is 12.1. The number of nitrogens with zero attached hydrogens (tertiary/aromatic N) is 2. The standard InChI is InChI=1S/C15H17N3O3S/c1-10-9-22-15(17-10)18-14(19)11-2-3-13(16-8-11)21-12-4-6-20-7-5-12/h2-3,8-9,12H,4-7H2,1H3,(H,17,18,19). The number of rotatable bonds is 4. The van der Waals surface area contributed by atoms with Gasteiger partial charge in [-0.05, 0) is 13.0 Å². The zero-order valence-electron chi connectivity index (χ0n) is 12.2. The molecule has 0 unspecified atom stereocenters. The molecule has 1 amide bonds. The van der Waals surface area contributed by atoms with E-state index in [-0.39, 0.29) is 12.0 Å². The zero-order valence-corrected chi connectivity index (χ0v) is 13.1. The summed E-state index contributed by atoms with van der Waals surface area (Å²) in [7, 11) is 0. The summed E-state index contributed by atoms with van der Waals surface area (Å²) in [5.74, 6) is 0.313. The van der Waals surface area contributed by atoms with Crippen LogP contribution >= 0.6 is 11.3 Å². The lowest BCUT2D eigenvalue weighted by atomic mass is 10.1. The third-order valence-corrected chi connectivity index (χ3v) is 4.17. The molecule has 0 saturated carbocycles. The highest BCUT2D eigenvalue weighted by Gasteiger charge is 2.16. The van der Waals surface area contributed by atoms with E-state index in [0.29, 0.717) is 16.6 Å². The third-order valence-electron chi connectivity index (χ3n) is 3.29. The molecule has 6 nitrogen and oxygen atoms in total. The van der Waals surface area contributed by atoms with E-state index in [0.717, 1.165) is 31.7 Å². The average molecular weight is 319 g/mol. The van der Waals surface area contributed by atoms with E-state index < -0.39 is 0 Å². The summed E-state index contributed by atoms with van der Waals surface area (Å²) in [6.45, 7) is 3.33. The molecular formula is C15H17N3O3S. The SMILES string of the molecule is Cc1csc(NC(=O)c2ccc(OC3CCOCC3)nc2)n1. The van der Waals surface area contributed by atoms with Gasteiger partial charge in [-0.15, -0.1) is 11.3 Å². The minimum absolute atomic E-state index is 0.138. The number of hydrogen-bond donors (Lipinski definition) is 1. The highest BCUT2D eigenvalue weighted by atomic mass is 32.1. The molecule has 0 atom stereocenters. The second-order valence-corrected chi connectivity index (χ2v) is 5.92. The molecule has 1 N–H and O–H groups in total. The van der Waals surface area contributed by atoms with Crippen molar-refractivity contribution in [2.75, 3.05) is 18.5 Å². The van der Waals surface area contributed by atoms with Gasteiger partial charge < -0.3 is 9.47 Å². The van der Waals surface area contributed by atoms with Crippen molar-refractivity contribution < 1.29 is 14.3 Å². The Morgan fingerprint density at radius 2 is 2.23 bits per heavy atom. The van der Waals surface area contributed by atoms with Gasteiger partial charge in [0.15, 0.2) is 5.13 Å². The summed E-state index contributed by atoms with van der Waals surface area (Å²) in [5, 5.41) is 5.23. The van der Waals surface area contributed by atoms with E-state index in [1.807, 2.05) is 12.3 Å². The van der Waals surface area contributed by atoms with E-state index >= 15 is 0 Å². The fraction of sp³-hybridized carbons (Fsp3) is 0.400. The molecule has 2 aromatic heterocycles. The number of thiazole rings is 1. The first-order chi connectivity index (χ1) is 10.7. The number of carbonyl (C=O) groups excluding carboxylic acids is 1. The fourth-order valence-corrected chi connectivity index (χ4v) is 2.81. The molecule has 116 valence electrons. The summed E-state index contributed by atoms with van der Waals surface area (Å²) in [6, 6.07) is 3.43. The Hall–Kier alpha value is -1.99. The minimum atomic E-state index is -0.223. The van der Waals surface area contributed by atoms with Gasteiger partial charge in [0.25, 0.3) is 5.91 Å². The molecule has 0 radical (unpaired) electrons. The molecule has 2 aromatic rings. The second kappa shape index (κ2) is 6.85. The summed E-state index contributed by atoms with van der Waals surface area (Å²) < 4.78 is 11.1. The van der Waals surface area contributed by atoms with Gasteiger partial charge in [-0.25, -0.2) is 9.97 Å². The third kappa shape index (κ3) is 3.80. The lowest BCUT2D eigenvalue weighted by Gasteiger charge is -2.22. The average Bonchev–Trinajstić information content (AvgIpc) is 2.94. The van der Waals surface area contributed by atoms with E-state index in [4.69, 9.17) is 9.47 Å². The first-order valence-corrected chi connectivity index (χ1v) is 8.02. The Balaban J connectivity index is 1.59. The topological polar surface area (TPSA) is 73.3 Å². The van der Waals surface area contributed by atoms with E-state index in [1.54, 1.807) is 12.1 Å². The molecule has 0 aliphatic carbocycles. The van der Waals surface area contributed by atoms with Crippen LogP contribution in [0.4, 0.5) is 5.13 Å². The summed E-state index contributed by atoms with van der Waals surface area (Å²) in [4.78, 5) is 20.5. The van der Waals surface area contributed by atoms with Gasteiger partial charge in [-0.3, -0.25) is 10.1 Å². The molecule has 1 aliphatic rings. The van der Waals surface area contributed by atoms with Gasteiger partial charge in [0.1, 0.15) is 6.10 Å². The number of carbonyl (C=O) groups is 1. The molecule has 0 spiro atoms. The van der Waals surface area contributed by atoms with Crippen LogP contribution in [0, 0.1) is 6.92 Å². The van der Waals surface area contributed by atoms with Crippen LogP contribution in [-0.4, -0.2) is 35.2 Å². The molecule has 3 heterocycles. The van der Waals surface area contributed by atoms with Crippen LogP contribution in [0.1, 0.15) is 28.9 Å². The highest BCUT2D eigenvalue weighted by Crippen LogP contribution is 2.18. The number of nitrogens with one attached hydrogen (secondary N) is 1. The molecule has 1 fully saturated rings. The number of aromatic nitrogens is 2. The first kappa shape index (κ1) is 14.9. The molecule has 1 saturated heterocycles. The molecule has 0 bridgehead atoms. The van der Waals surface area contributed by atoms with Crippen LogP contribution in [0.2, 0.25) is 0 Å². The summed E-state index contributed by atoms with van der Waals surface area (Å²) >= 11 is 1.40. The van der Waals surface area contributed by atoms with Crippen molar-refractivity contribution in [2.24, 2.45) is 0 Å². The largest absolute Gasteiger partial charge is 0.474 e. The Morgan fingerprint density at radius 3 is 2.86 bits per heavy atom. The van der Waals surface area contributed by atoms with Gasteiger partial charge in [0.2, 0.25) is 5.88 Å². The van der Waals surface area contributed by atoms with Crippen LogP contribution in [0.5, 0.6) is 5.88 Å². The lowest BCUT2D eigenvalue weighted by molar-refractivity contribution is 0.0237. The van der Waals surface area contributed by atoms with Crippen LogP contribution in [0.15, 0.2) is 23.7 Å². The van der Waals surface area contributed by atoms with Gasteiger partial charge in [-0.1, -0.05) is 0 Å². The van der Waals surface area contributed by atoms with Crippen molar-refractivity contribution in [2.45, 2.75) is 25.9 Å². The van der Waals surface area contributed by atoms with Crippen LogP contribution in [-0.2, 0) is 4.74 Å². The van der Waals surface area contributed by atoms with Crippen LogP contribution in [0.3, 0.4) is 0 Å². The Kier molecular flexibility index (Phi) is 4.65. The fourth-order valence-electron chi connectivity index (χ4n) is 2.13. The smallest absolute Gasteiger partial charge is 0.259 e. The number of hydrogen-bond acceptors (Lipinski definition) is 6. The number of anilines is 1. The van der Waals surface area contributed by atoms with Gasteiger partial charge in [0.05, 0.1) is 24.5 Å². The van der Waals surface area contributed by atoms with Crippen molar-refractivity contribution in [3.63, 3.8) is 0 Å². The molecule has 0 aromatic carbocycles. The molecule has 1 aliphatic heterocycles. The second-order valence-electron chi connectivity index (χ2n) is 5.06. The maximum atomic E-state index is 12.1. The van der Waals surface area contributed by atoms with E-state index in [1.165, 1.54) is 17.5 Å². The van der Waals surface area contributed by atoms with Crippen molar-refractivity contribution in [3.8, 4) is 5.88 Å². The maximum Gasteiger partial charge on any atom is 0.259 e. The molecule has 7 heteroatoms. The monoisotopic (exact) mass is 319 g/mol. The van der Waals surface area contributed by atoms with Gasteiger partial charge >= 0.3 is 0 Å². The summed E-state index contributed by atoms with van der Waals surface area (Å²) in [6.07, 6.45) is 3.39. The van der Waals surface area contributed by atoms with E-state index in [2.05, 4.69) is 15.3 Å². The van der Waals surface area contributed by atoms with Crippen molar-refractivity contribution in [3.05, 3.63) is 35.0 Å². The summed E-state index contributed by atoms with van der Waals surface area (Å²) in [5.41, 5.74) is 1.37. The molecule has 3 rings (SSSR count). The normalized spacial score (nSPS) is 15.5. The highest BCUT2D eigenvalue weighted by molar-refractivity contribution is 7.13. The first-order valence-electron chi connectivity index (χ1n) is 7.14. The Labute approximate surface area is 132 Å². The van der Waals surface area contributed by atoms with Gasteiger partial charge in [-0.2, -0.15) is 0 Å².